The third-order valence-corrected chi connectivity index (χ3v) is 8.06. The molecule has 3 saturated heterocycles. The van der Waals surface area contributed by atoms with E-state index >= 15 is 0 Å². The number of methoxy groups -OCH3 is 1. The molecule has 0 radical (unpaired) electrons. The number of esters is 1. The molecule has 0 unspecified atom stereocenters. The minimum Gasteiger partial charge on any atom is -0.466 e. The Hall–Kier alpha value is -1.68. The number of nitrogens with zero attached hydrogens (tertiary/aromatic N) is 2. The molecule has 1 saturated carbocycles. The quantitative estimate of drug-likeness (QED) is 0.274. The monoisotopic (exact) mass is 494 g/mol. The first-order chi connectivity index (χ1) is 16.7. The minimum atomic E-state index is -0.348. The molecule has 1 spiro atoms. The molecule has 0 bridgehead atoms. The van der Waals surface area contributed by atoms with Crippen molar-refractivity contribution in [2.24, 2.45) is 5.92 Å². The number of epoxide rings is 2. The van der Waals surface area contributed by atoms with Gasteiger partial charge in [-0.2, -0.15) is 0 Å². The van der Waals surface area contributed by atoms with Crippen molar-refractivity contribution < 1.29 is 33.3 Å². The van der Waals surface area contributed by atoms with Crippen LogP contribution >= 0.6 is 0 Å². The van der Waals surface area contributed by atoms with Gasteiger partial charge in [0.15, 0.2) is 0 Å². The summed E-state index contributed by atoms with van der Waals surface area (Å²) < 4.78 is 29.3. The normalized spacial score (nSPS) is 36.5. The molecule has 0 aromatic heterocycles. The minimum absolute atomic E-state index is 0.0156. The van der Waals surface area contributed by atoms with Gasteiger partial charge in [-0.15, -0.1) is 0 Å². The van der Waals surface area contributed by atoms with Crippen LogP contribution in [0.2, 0.25) is 0 Å². The van der Waals surface area contributed by atoms with Gasteiger partial charge in [0.25, 0.3) is 0 Å². The smallest absolute Gasteiger partial charge is 0.410 e. The molecule has 0 N–H and O–H groups in total. The Bertz CT molecular complexity index is 802. The van der Waals surface area contributed by atoms with Crippen LogP contribution in [-0.2, 0) is 28.5 Å². The number of rotatable bonds is 9. The Morgan fingerprint density at radius 2 is 1.89 bits per heavy atom. The van der Waals surface area contributed by atoms with E-state index in [0.717, 1.165) is 19.3 Å². The van der Waals surface area contributed by atoms with Gasteiger partial charge in [-0.05, 0) is 47.0 Å². The van der Waals surface area contributed by atoms with E-state index < -0.39 is 0 Å². The van der Waals surface area contributed by atoms with Gasteiger partial charge >= 0.3 is 12.1 Å². The predicted molar refractivity (Wildman–Crippen MR) is 129 cm³/mol. The summed E-state index contributed by atoms with van der Waals surface area (Å²) >= 11 is 0. The maximum absolute atomic E-state index is 13.1. The van der Waals surface area contributed by atoms with E-state index in [0.29, 0.717) is 52.4 Å². The summed E-state index contributed by atoms with van der Waals surface area (Å²) in [6.07, 6.45) is 4.23. The van der Waals surface area contributed by atoms with E-state index in [1.54, 1.807) is 12.0 Å². The highest BCUT2D eigenvalue weighted by Crippen LogP contribution is 2.59. The van der Waals surface area contributed by atoms with Crippen LogP contribution in [0.25, 0.3) is 0 Å². The number of amides is 1. The van der Waals surface area contributed by atoms with Gasteiger partial charge in [0, 0.05) is 39.8 Å². The van der Waals surface area contributed by atoms with Crippen LogP contribution < -0.4 is 0 Å². The lowest BCUT2D eigenvalue weighted by Crippen LogP contribution is -2.57. The topological polar surface area (TPSA) is 93.4 Å². The van der Waals surface area contributed by atoms with Crippen molar-refractivity contribution in [3.63, 3.8) is 0 Å². The van der Waals surface area contributed by atoms with Crippen molar-refractivity contribution in [3.8, 4) is 0 Å². The maximum atomic E-state index is 13.1. The average molecular weight is 495 g/mol. The highest BCUT2D eigenvalue weighted by atomic mass is 16.6. The summed E-state index contributed by atoms with van der Waals surface area (Å²) in [6.45, 7) is 12.5. The lowest BCUT2D eigenvalue weighted by Gasteiger charge is -2.43. The van der Waals surface area contributed by atoms with Crippen molar-refractivity contribution in [2.75, 3.05) is 53.0 Å². The highest BCUT2D eigenvalue weighted by Gasteiger charge is 2.72. The van der Waals surface area contributed by atoms with Crippen LogP contribution in [-0.4, -0.2) is 104 Å². The van der Waals surface area contributed by atoms with Crippen LogP contribution in [0.1, 0.15) is 53.4 Å². The van der Waals surface area contributed by atoms with Crippen LogP contribution in [0.15, 0.2) is 11.6 Å². The molecule has 198 valence electrons. The third-order valence-electron chi connectivity index (χ3n) is 8.06. The zero-order valence-corrected chi connectivity index (χ0v) is 21.9. The first-order valence-electron chi connectivity index (χ1n) is 13.0. The molecule has 3 heterocycles. The molecule has 35 heavy (non-hydrogen) atoms. The Kier molecular flexibility index (Phi) is 8.10. The molecule has 0 aromatic carbocycles. The Morgan fingerprint density at radius 3 is 2.49 bits per heavy atom. The lowest BCUT2D eigenvalue weighted by atomic mass is 9.68. The first kappa shape index (κ1) is 26.4. The molecule has 4 fully saturated rings. The zero-order chi connectivity index (χ0) is 25.2. The molecule has 0 aromatic rings. The van der Waals surface area contributed by atoms with E-state index in [1.807, 2.05) is 6.92 Å². The number of hydrogen-bond donors (Lipinski definition) is 0. The van der Waals surface area contributed by atoms with Gasteiger partial charge in [0.1, 0.15) is 23.4 Å². The number of allylic oxidation sites excluding steroid dienone is 1. The van der Waals surface area contributed by atoms with Gasteiger partial charge in [-0.1, -0.05) is 11.6 Å². The molecule has 4 aliphatic rings. The summed E-state index contributed by atoms with van der Waals surface area (Å²) in [5.74, 6) is -0.164. The lowest BCUT2D eigenvalue weighted by molar-refractivity contribution is -0.143. The van der Waals surface area contributed by atoms with E-state index in [4.69, 9.17) is 23.7 Å². The Morgan fingerprint density at radius 1 is 1.17 bits per heavy atom. The fourth-order valence-electron chi connectivity index (χ4n) is 5.91. The molecule has 3 aliphatic heterocycles. The van der Waals surface area contributed by atoms with E-state index in [-0.39, 0.29) is 47.5 Å². The number of hydrogen-bond acceptors (Lipinski definition) is 8. The van der Waals surface area contributed by atoms with Gasteiger partial charge in [-0.25, -0.2) is 4.79 Å². The molecular weight excluding hydrogens is 452 g/mol. The van der Waals surface area contributed by atoms with Gasteiger partial charge in [0.05, 0.1) is 31.7 Å². The fraction of sp³-hybridized carbons (Fsp3) is 0.846. The van der Waals surface area contributed by atoms with Gasteiger partial charge in [-0.3, -0.25) is 9.69 Å². The molecule has 4 rings (SSSR count). The van der Waals surface area contributed by atoms with Crippen molar-refractivity contribution in [2.45, 2.75) is 82.9 Å². The Balaban J connectivity index is 1.32. The summed E-state index contributed by atoms with van der Waals surface area (Å²) in [4.78, 5) is 28.6. The highest BCUT2D eigenvalue weighted by molar-refractivity contribution is 5.69. The van der Waals surface area contributed by atoms with Crippen LogP contribution in [0.3, 0.4) is 0 Å². The van der Waals surface area contributed by atoms with E-state index in [2.05, 4.69) is 31.7 Å². The molecule has 1 aliphatic carbocycles. The van der Waals surface area contributed by atoms with Crippen LogP contribution in [0.5, 0.6) is 0 Å². The molecule has 9 nitrogen and oxygen atoms in total. The number of carbonyl (C=O) groups is 2. The van der Waals surface area contributed by atoms with Crippen LogP contribution in [0, 0.1) is 5.92 Å². The fourth-order valence-corrected chi connectivity index (χ4v) is 5.91. The molecule has 1 amide bonds. The standard InChI is InChI=1S/C26H42N2O7/c1-6-32-21(29)10-12-27-13-15-28(16-14-27)24(30)34-19-9-11-26(17-33-26)23(22(19)31-5)25(4)20(35-25)8-7-18(2)3/h7,19-20,22-23H,6,8-17H2,1-5H3/t19-,20-,22-,23-,25-,26+/m1/s1. The average Bonchev–Trinajstić information content (AvgIpc) is 3.75. The van der Waals surface area contributed by atoms with E-state index in [1.165, 1.54) is 5.57 Å². The summed E-state index contributed by atoms with van der Waals surface area (Å²) in [7, 11) is 1.69. The first-order valence-corrected chi connectivity index (χ1v) is 13.0. The largest absolute Gasteiger partial charge is 0.466 e. The molecule has 9 heteroatoms. The Labute approximate surface area is 209 Å². The summed E-state index contributed by atoms with van der Waals surface area (Å²) in [6, 6.07) is 0. The summed E-state index contributed by atoms with van der Waals surface area (Å²) in [5, 5.41) is 0. The van der Waals surface area contributed by atoms with Crippen molar-refractivity contribution in [1.29, 1.82) is 0 Å². The number of carbonyl (C=O) groups excluding carboxylic acids is 2. The number of piperazine rings is 1. The third kappa shape index (κ3) is 5.84. The van der Waals surface area contributed by atoms with Gasteiger partial charge in [0.2, 0.25) is 0 Å². The van der Waals surface area contributed by atoms with Crippen molar-refractivity contribution in [1.82, 2.24) is 9.80 Å². The maximum Gasteiger partial charge on any atom is 0.410 e. The SMILES string of the molecule is CCOC(=O)CCN1CCN(C(=O)O[C@@H]2CC[C@]3(CO3)[C@@H]([C@]3(C)O[C@@H]3CC=C(C)C)[C@@H]2OC)CC1. The second-order valence-corrected chi connectivity index (χ2v) is 10.7. The van der Waals surface area contributed by atoms with Crippen molar-refractivity contribution >= 4 is 12.1 Å². The summed E-state index contributed by atoms with van der Waals surface area (Å²) in [5.41, 5.74) is 0.696. The van der Waals surface area contributed by atoms with E-state index in [9.17, 15) is 9.59 Å². The number of ether oxygens (including phenoxy) is 5. The predicted octanol–water partition coefficient (Wildman–Crippen LogP) is 2.77. The van der Waals surface area contributed by atoms with Gasteiger partial charge < -0.3 is 28.6 Å². The van der Waals surface area contributed by atoms with Crippen LogP contribution in [0.4, 0.5) is 4.79 Å². The second kappa shape index (κ2) is 10.7. The molecule has 6 atom stereocenters. The molecular formula is C26H42N2O7. The zero-order valence-electron chi connectivity index (χ0n) is 21.9. The van der Waals surface area contributed by atoms with Crippen molar-refractivity contribution in [3.05, 3.63) is 11.6 Å². The second-order valence-electron chi connectivity index (χ2n) is 10.7.